The summed E-state index contributed by atoms with van der Waals surface area (Å²) in [5, 5.41) is 17.7. The number of hydrogen-bond donors (Lipinski definition) is 3. The molecular weight excluding hydrogens is 322 g/mol. The summed E-state index contributed by atoms with van der Waals surface area (Å²) >= 11 is 1.63. The van der Waals surface area contributed by atoms with Crippen LogP contribution in [0.2, 0.25) is 0 Å². The van der Waals surface area contributed by atoms with Crippen molar-refractivity contribution in [3.8, 4) is 5.75 Å². The number of aromatic amines is 1. The molecule has 6 heteroatoms. The molecule has 0 aliphatic carbocycles. The molecule has 2 heterocycles. The number of fused-ring (bicyclic) bond motifs is 1. The number of benzene rings is 1. The van der Waals surface area contributed by atoms with E-state index in [9.17, 15) is 5.11 Å². The van der Waals surface area contributed by atoms with Crippen molar-refractivity contribution in [1.82, 2.24) is 15.3 Å². The van der Waals surface area contributed by atoms with Crippen LogP contribution in [0.1, 0.15) is 24.5 Å². The lowest BCUT2D eigenvalue weighted by Crippen LogP contribution is -2.42. The van der Waals surface area contributed by atoms with Gasteiger partial charge in [-0.25, -0.2) is 4.98 Å². The fourth-order valence-electron chi connectivity index (χ4n) is 2.52. The second kappa shape index (κ2) is 6.93. The van der Waals surface area contributed by atoms with Crippen LogP contribution in [0.25, 0.3) is 10.9 Å². The molecule has 1 atom stereocenters. The highest BCUT2D eigenvalue weighted by Crippen LogP contribution is 2.25. The maximum Gasteiger partial charge on any atom is 0.128 e. The summed E-state index contributed by atoms with van der Waals surface area (Å²) in [7, 11) is 0. The van der Waals surface area contributed by atoms with Crippen LogP contribution in [0, 0.1) is 6.92 Å². The second-order valence-electron chi connectivity index (χ2n) is 6.46. The number of nitrogens with one attached hydrogen (secondary N) is 2. The van der Waals surface area contributed by atoms with Crippen molar-refractivity contribution in [2.45, 2.75) is 32.4 Å². The summed E-state index contributed by atoms with van der Waals surface area (Å²) in [6.07, 6.45) is 1.29. The molecule has 0 amide bonds. The van der Waals surface area contributed by atoms with E-state index >= 15 is 0 Å². The number of thiazole rings is 1. The van der Waals surface area contributed by atoms with Crippen LogP contribution >= 0.6 is 11.3 Å². The van der Waals surface area contributed by atoms with E-state index in [1.807, 2.05) is 42.8 Å². The van der Waals surface area contributed by atoms with E-state index in [4.69, 9.17) is 4.74 Å². The third-order valence-corrected chi connectivity index (χ3v) is 5.20. The summed E-state index contributed by atoms with van der Waals surface area (Å²) in [6.45, 7) is 6.80. The van der Waals surface area contributed by atoms with Gasteiger partial charge in [-0.05, 0) is 39.0 Å². The van der Waals surface area contributed by atoms with Gasteiger partial charge in [0.2, 0.25) is 0 Å². The average molecular weight is 345 g/mol. The van der Waals surface area contributed by atoms with E-state index in [1.165, 1.54) is 0 Å². The predicted molar refractivity (Wildman–Crippen MR) is 97.7 cm³/mol. The van der Waals surface area contributed by atoms with Gasteiger partial charge >= 0.3 is 0 Å². The molecule has 2 aromatic heterocycles. The summed E-state index contributed by atoms with van der Waals surface area (Å²) in [5.74, 6) is 0.780. The second-order valence-corrected chi connectivity index (χ2v) is 7.32. The Balaban J connectivity index is 1.54. The van der Waals surface area contributed by atoms with E-state index in [0.717, 1.165) is 27.4 Å². The van der Waals surface area contributed by atoms with E-state index < -0.39 is 6.10 Å². The largest absolute Gasteiger partial charge is 0.490 e. The minimum atomic E-state index is -0.598. The van der Waals surface area contributed by atoms with Crippen molar-refractivity contribution in [3.05, 3.63) is 46.5 Å². The minimum absolute atomic E-state index is 0.240. The summed E-state index contributed by atoms with van der Waals surface area (Å²) in [5.41, 5.74) is 1.77. The number of hydrogen-bond acceptors (Lipinski definition) is 5. The first-order valence-corrected chi connectivity index (χ1v) is 8.88. The van der Waals surface area contributed by atoms with Crippen molar-refractivity contribution >= 4 is 22.2 Å². The van der Waals surface area contributed by atoms with Crippen LogP contribution in [0.15, 0.2) is 35.8 Å². The van der Waals surface area contributed by atoms with Crippen molar-refractivity contribution in [2.75, 3.05) is 13.2 Å². The Kier molecular flexibility index (Phi) is 4.89. The fourth-order valence-corrected chi connectivity index (χ4v) is 3.42. The lowest BCUT2D eigenvalue weighted by atomic mass is 10.1. The number of aryl methyl sites for hydroxylation is 1. The molecule has 1 aromatic carbocycles. The first-order valence-electron chi connectivity index (χ1n) is 8.00. The number of aromatic nitrogens is 2. The van der Waals surface area contributed by atoms with Gasteiger partial charge in [0.05, 0.1) is 5.54 Å². The molecule has 3 rings (SSSR count). The fraction of sp³-hybridized carbons (Fsp3) is 0.389. The van der Waals surface area contributed by atoms with Gasteiger partial charge in [0, 0.05) is 34.7 Å². The van der Waals surface area contributed by atoms with Crippen LogP contribution < -0.4 is 10.1 Å². The number of rotatable bonds is 7. The number of aliphatic hydroxyl groups is 1. The quantitative estimate of drug-likeness (QED) is 0.615. The number of ether oxygens (including phenoxy) is 1. The molecule has 0 aliphatic heterocycles. The highest BCUT2D eigenvalue weighted by molar-refractivity contribution is 7.09. The SMILES string of the molecule is Cc1csc(C(C)(C)NCC(O)COc2cccc3[nH]ccc23)n1. The molecule has 0 aliphatic rings. The van der Waals surface area contributed by atoms with Gasteiger partial charge in [-0.2, -0.15) is 0 Å². The van der Waals surface area contributed by atoms with Crippen molar-refractivity contribution in [1.29, 1.82) is 0 Å². The van der Waals surface area contributed by atoms with E-state index in [1.54, 1.807) is 11.3 Å². The van der Waals surface area contributed by atoms with Gasteiger partial charge in [0.25, 0.3) is 0 Å². The minimum Gasteiger partial charge on any atom is -0.490 e. The first-order chi connectivity index (χ1) is 11.5. The molecule has 0 radical (unpaired) electrons. The Labute approximate surface area is 145 Å². The monoisotopic (exact) mass is 345 g/mol. The normalized spacial score (nSPS) is 13.3. The van der Waals surface area contributed by atoms with Gasteiger partial charge in [-0.1, -0.05) is 6.07 Å². The highest BCUT2D eigenvalue weighted by atomic mass is 32.1. The average Bonchev–Trinajstić information content (AvgIpc) is 3.20. The van der Waals surface area contributed by atoms with Gasteiger partial charge in [0.15, 0.2) is 0 Å². The molecule has 24 heavy (non-hydrogen) atoms. The zero-order valence-corrected chi connectivity index (χ0v) is 15.0. The first kappa shape index (κ1) is 17.0. The molecule has 0 saturated carbocycles. The Morgan fingerprint density at radius 1 is 1.38 bits per heavy atom. The van der Waals surface area contributed by atoms with Gasteiger partial charge in [-0.3, -0.25) is 0 Å². The van der Waals surface area contributed by atoms with Crippen LogP contribution in [0.3, 0.4) is 0 Å². The highest BCUT2D eigenvalue weighted by Gasteiger charge is 2.24. The van der Waals surface area contributed by atoms with Crippen molar-refractivity contribution < 1.29 is 9.84 Å². The number of H-pyrrole nitrogens is 1. The van der Waals surface area contributed by atoms with Crippen LogP contribution in [0.4, 0.5) is 0 Å². The Hall–Kier alpha value is -1.89. The standard InChI is InChI=1S/C18H23N3O2S/c1-12-11-24-17(21-12)18(2,3)20-9-13(22)10-23-16-6-4-5-15-14(16)7-8-19-15/h4-8,11,13,19-20,22H,9-10H2,1-3H3. The molecule has 0 spiro atoms. The van der Waals surface area contributed by atoms with Crippen molar-refractivity contribution in [2.24, 2.45) is 0 Å². The third-order valence-electron chi connectivity index (χ3n) is 3.92. The number of aliphatic hydroxyl groups excluding tert-OH is 1. The zero-order valence-electron chi connectivity index (χ0n) is 14.2. The maximum absolute atomic E-state index is 10.2. The smallest absolute Gasteiger partial charge is 0.128 e. The van der Waals surface area contributed by atoms with Gasteiger partial charge in [-0.15, -0.1) is 11.3 Å². The van der Waals surface area contributed by atoms with Crippen molar-refractivity contribution in [3.63, 3.8) is 0 Å². The van der Waals surface area contributed by atoms with E-state index in [0.29, 0.717) is 6.54 Å². The Morgan fingerprint density at radius 3 is 2.96 bits per heavy atom. The lowest BCUT2D eigenvalue weighted by Gasteiger charge is -2.25. The Bertz CT molecular complexity index is 809. The summed E-state index contributed by atoms with van der Waals surface area (Å²) in [4.78, 5) is 7.67. The van der Waals surface area contributed by atoms with Gasteiger partial charge in [0.1, 0.15) is 23.5 Å². The van der Waals surface area contributed by atoms with Crippen LogP contribution in [-0.2, 0) is 5.54 Å². The topological polar surface area (TPSA) is 70.2 Å². The molecule has 3 N–H and O–H groups in total. The zero-order chi connectivity index (χ0) is 17.2. The van der Waals surface area contributed by atoms with Gasteiger partial charge < -0.3 is 20.1 Å². The lowest BCUT2D eigenvalue weighted by molar-refractivity contribution is 0.0995. The maximum atomic E-state index is 10.2. The molecular formula is C18H23N3O2S. The third kappa shape index (κ3) is 3.77. The molecule has 128 valence electrons. The predicted octanol–water partition coefficient (Wildman–Crippen LogP) is 3.20. The summed E-state index contributed by atoms with van der Waals surface area (Å²) in [6, 6.07) is 7.83. The van der Waals surface area contributed by atoms with Crippen LogP contribution in [0.5, 0.6) is 5.75 Å². The van der Waals surface area contributed by atoms with Crippen LogP contribution in [-0.4, -0.2) is 34.3 Å². The molecule has 0 saturated heterocycles. The molecule has 5 nitrogen and oxygen atoms in total. The molecule has 3 aromatic rings. The number of nitrogens with zero attached hydrogens (tertiary/aromatic N) is 1. The molecule has 1 unspecified atom stereocenters. The molecule has 0 bridgehead atoms. The Morgan fingerprint density at radius 2 is 2.21 bits per heavy atom. The summed E-state index contributed by atoms with van der Waals surface area (Å²) < 4.78 is 5.79. The van der Waals surface area contributed by atoms with E-state index in [-0.39, 0.29) is 12.1 Å². The molecule has 0 fully saturated rings. The van der Waals surface area contributed by atoms with E-state index in [2.05, 4.69) is 29.1 Å².